The zero-order valence-corrected chi connectivity index (χ0v) is 12.9. The van der Waals surface area contributed by atoms with Crippen LogP contribution in [0.25, 0.3) is 0 Å². The van der Waals surface area contributed by atoms with Gasteiger partial charge in [-0.15, -0.1) is 12.4 Å². The fraction of sp³-hybridized carbons (Fsp3) is 0.562. The standard InChI is InChI=1S/C16H22N2O2.ClH/c17-13-5-7-14(8-6-13)18-16(19)12-9-11-3-1-2-4-15(11)20-10-12;/h1-4,12-14H,5-10,17H2,(H,18,19);1H. The number of hydrogen-bond donors (Lipinski definition) is 2. The molecule has 0 bridgehead atoms. The molecule has 0 aromatic heterocycles. The van der Waals surface area contributed by atoms with E-state index < -0.39 is 0 Å². The Balaban J connectivity index is 0.00000161. The summed E-state index contributed by atoms with van der Waals surface area (Å²) >= 11 is 0. The average molecular weight is 311 g/mol. The first-order chi connectivity index (χ1) is 9.72. The molecule has 1 aliphatic heterocycles. The first kappa shape index (κ1) is 16.1. The number of rotatable bonds is 2. The van der Waals surface area contributed by atoms with Crippen LogP contribution in [-0.4, -0.2) is 24.6 Å². The number of nitrogens with two attached hydrogens (primary N) is 1. The Morgan fingerprint density at radius 1 is 1.19 bits per heavy atom. The summed E-state index contributed by atoms with van der Waals surface area (Å²) in [6.45, 7) is 0.481. The van der Waals surface area contributed by atoms with E-state index in [0.717, 1.165) is 43.4 Å². The van der Waals surface area contributed by atoms with Gasteiger partial charge in [0.25, 0.3) is 0 Å². The number of ether oxygens (including phenoxy) is 1. The summed E-state index contributed by atoms with van der Waals surface area (Å²) < 4.78 is 5.68. The summed E-state index contributed by atoms with van der Waals surface area (Å²) in [7, 11) is 0. The van der Waals surface area contributed by atoms with Crippen LogP contribution in [0.15, 0.2) is 24.3 Å². The van der Waals surface area contributed by atoms with Crippen LogP contribution in [0.1, 0.15) is 31.2 Å². The highest BCUT2D eigenvalue weighted by molar-refractivity contribution is 5.85. The smallest absolute Gasteiger partial charge is 0.227 e. The summed E-state index contributed by atoms with van der Waals surface area (Å²) in [6, 6.07) is 8.56. The van der Waals surface area contributed by atoms with E-state index in [0.29, 0.717) is 18.7 Å². The minimum Gasteiger partial charge on any atom is -0.492 e. The molecule has 1 unspecified atom stereocenters. The second-order valence-electron chi connectivity index (χ2n) is 5.94. The number of halogens is 1. The van der Waals surface area contributed by atoms with Crippen molar-refractivity contribution in [2.24, 2.45) is 11.7 Å². The van der Waals surface area contributed by atoms with Crippen LogP contribution in [-0.2, 0) is 11.2 Å². The normalized spacial score (nSPS) is 27.8. The number of hydrogen-bond acceptors (Lipinski definition) is 3. The molecule has 1 aromatic carbocycles. The molecule has 0 radical (unpaired) electrons. The van der Waals surface area contributed by atoms with E-state index in [9.17, 15) is 4.79 Å². The fourth-order valence-corrected chi connectivity index (χ4v) is 3.08. The van der Waals surface area contributed by atoms with Crippen molar-refractivity contribution in [3.8, 4) is 5.75 Å². The molecule has 0 saturated heterocycles. The molecule has 1 amide bonds. The van der Waals surface area contributed by atoms with Crippen LogP contribution in [0.2, 0.25) is 0 Å². The van der Waals surface area contributed by atoms with E-state index in [2.05, 4.69) is 5.32 Å². The van der Waals surface area contributed by atoms with Gasteiger partial charge in [0.2, 0.25) is 5.91 Å². The second-order valence-corrected chi connectivity index (χ2v) is 5.94. The quantitative estimate of drug-likeness (QED) is 0.878. The van der Waals surface area contributed by atoms with Gasteiger partial charge in [-0.25, -0.2) is 0 Å². The molecule has 2 aliphatic rings. The van der Waals surface area contributed by atoms with Gasteiger partial charge in [-0.05, 0) is 43.7 Å². The lowest BCUT2D eigenvalue weighted by molar-refractivity contribution is -0.127. The highest BCUT2D eigenvalue weighted by Crippen LogP contribution is 2.27. The van der Waals surface area contributed by atoms with Gasteiger partial charge in [-0.3, -0.25) is 4.79 Å². The Kier molecular flexibility index (Phi) is 5.48. The van der Waals surface area contributed by atoms with Gasteiger partial charge in [0.1, 0.15) is 12.4 Å². The van der Waals surface area contributed by atoms with Crippen LogP contribution in [0, 0.1) is 5.92 Å². The SMILES string of the molecule is Cl.NC1CCC(NC(=O)C2COc3ccccc3C2)CC1. The summed E-state index contributed by atoms with van der Waals surface area (Å²) in [6.07, 6.45) is 4.78. The first-order valence-corrected chi connectivity index (χ1v) is 7.49. The Hall–Kier alpha value is -1.26. The van der Waals surface area contributed by atoms with Crippen molar-refractivity contribution in [3.05, 3.63) is 29.8 Å². The lowest BCUT2D eigenvalue weighted by Gasteiger charge is -2.30. The molecular formula is C16H23ClN2O2. The van der Waals surface area contributed by atoms with Gasteiger partial charge in [-0.1, -0.05) is 18.2 Å². The van der Waals surface area contributed by atoms with Crippen molar-refractivity contribution in [1.29, 1.82) is 0 Å². The number of para-hydroxylation sites is 1. The van der Waals surface area contributed by atoms with Gasteiger partial charge in [0.15, 0.2) is 0 Å². The van der Waals surface area contributed by atoms with Crippen molar-refractivity contribution in [3.63, 3.8) is 0 Å². The van der Waals surface area contributed by atoms with Gasteiger partial charge in [0, 0.05) is 12.1 Å². The number of nitrogens with one attached hydrogen (secondary N) is 1. The molecule has 3 rings (SSSR count). The van der Waals surface area contributed by atoms with E-state index in [-0.39, 0.29) is 24.2 Å². The molecule has 1 fully saturated rings. The number of fused-ring (bicyclic) bond motifs is 1. The van der Waals surface area contributed by atoms with Gasteiger partial charge in [0.05, 0.1) is 5.92 Å². The summed E-state index contributed by atoms with van der Waals surface area (Å²) in [4.78, 5) is 12.3. The summed E-state index contributed by atoms with van der Waals surface area (Å²) in [5.74, 6) is 0.973. The molecule has 1 atom stereocenters. The van der Waals surface area contributed by atoms with Crippen molar-refractivity contribution >= 4 is 18.3 Å². The predicted molar refractivity (Wildman–Crippen MR) is 84.8 cm³/mol. The maximum absolute atomic E-state index is 12.3. The molecule has 21 heavy (non-hydrogen) atoms. The van der Waals surface area contributed by atoms with E-state index in [1.54, 1.807) is 0 Å². The van der Waals surface area contributed by atoms with E-state index in [4.69, 9.17) is 10.5 Å². The van der Waals surface area contributed by atoms with E-state index >= 15 is 0 Å². The van der Waals surface area contributed by atoms with Gasteiger partial charge in [-0.2, -0.15) is 0 Å². The number of benzene rings is 1. The second kappa shape index (κ2) is 7.14. The molecule has 5 heteroatoms. The molecule has 3 N–H and O–H groups in total. The Bertz CT molecular complexity index is 487. The zero-order valence-electron chi connectivity index (χ0n) is 12.1. The molecule has 1 saturated carbocycles. The fourth-order valence-electron chi connectivity index (χ4n) is 3.08. The monoisotopic (exact) mass is 310 g/mol. The maximum atomic E-state index is 12.3. The minimum atomic E-state index is -0.0690. The molecular weight excluding hydrogens is 288 g/mol. The van der Waals surface area contributed by atoms with E-state index in [1.807, 2.05) is 24.3 Å². The highest BCUT2D eigenvalue weighted by atomic mass is 35.5. The first-order valence-electron chi connectivity index (χ1n) is 7.49. The van der Waals surface area contributed by atoms with Crippen LogP contribution in [0.5, 0.6) is 5.75 Å². The molecule has 1 aliphatic carbocycles. The maximum Gasteiger partial charge on any atom is 0.227 e. The number of carbonyl (C=O) groups is 1. The van der Waals surface area contributed by atoms with Crippen molar-refractivity contribution in [1.82, 2.24) is 5.32 Å². The lowest BCUT2D eigenvalue weighted by atomic mass is 9.90. The highest BCUT2D eigenvalue weighted by Gasteiger charge is 2.28. The summed E-state index contributed by atoms with van der Waals surface area (Å²) in [5.41, 5.74) is 7.02. The van der Waals surface area contributed by atoms with E-state index in [1.165, 1.54) is 0 Å². The van der Waals surface area contributed by atoms with Crippen molar-refractivity contribution in [2.75, 3.05) is 6.61 Å². The topological polar surface area (TPSA) is 64.3 Å². The zero-order chi connectivity index (χ0) is 13.9. The largest absolute Gasteiger partial charge is 0.492 e. The van der Waals surface area contributed by atoms with Crippen molar-refractivity contribution < 1.29 is 9.53 Å². The molecule has 4 nitrogen and oxygen atoms in total. The third-order valence-corrected chi connectivity index (χ3v) is 4.37. The third-order valence-electron chi connectivity index (χ3n) is 4.37. The molecule has 0 spiro atoms. The molecule has 116 valence electrons. The van der Waals surface area contributed by atoms with Crippen LogP contribution >= 0.6 is 12.4 Å². The van der Waals surface area contributed by atoms with Crippen molar-refractivity contribution in [2.45, 2.75) is 44.2 Å². The van der Waals surface area contributed by atoms with Crippen LogP contribution < -0.4 is 15.8 Å². The van der Waals surface area contributed by atoms with Crippen LogP contribution in [0.4, 0.5) is 0 Å². The number of amides is 1. The van der Waals surface area contributed by atoms with Crippen LogP contribution in [0.3, 0.4) is 0 Å². The summed E-state index contributed by atoms with van der Waals surface area (Å²) in [5, 5.41) is 3.17. The Morgan fingerprint density at radius 2 is 1.90 bits per heavy atom. The minimum absolute atomic E-state index is 0. The predicted octanol–water partition coefficient (Wildman–Crippen LogP) is 2.05. The molecule has 1 heterocycles. The average Bonchev–Trinajstić information content (AvgIpc) is 2.49. The van der Waals surface area contributed by atoms with Gasteiger partial charge >= 0.3 is 0 Å². The third kappa shape index (κ3) is 3.89. The lowest BCUT2D eigenvalue weighted by Crippen LogP contribution is -2.45. The Morgan fingerprint density at radius 3 is 2.67 bits per heavy atom. The Labute approximate surface area is 131 Å². The number of carbonyl (C=O) groups excluding carboxylic acids is 1. The molecule has 1 aromatic rings. The van der Waals surface area contributed by atoms with Gasteiger partial charge < -0.3 is 15.8 Å².